The van der Waals surface area contributed by atoms with E-state index in [0.717, 1.165) is 0 Å². The number of carboxylic acids is 1. The highest BCUT2D eigenvalue weighted by Crippen LogP contribution is 2.01. The van der Waals surface area contributed by atoms with E-state index in [1.54, 1.807) is 0 Å². The normalized spacial score (nSPS) is 16.8. The van der Waals surface area contributed by atoms with Crippen molar-refractivity contribution in [1.29, 1.82) is 0 Å². The number of thiol groups is 1. The molecule has 54 valence electrons. The Kier molecular flexibility index (Phi) is 3.65. The lowest BCUT2D eigenvalue weighted by Crippen LogP contribution is -2.31. The van der Waals surface area contributed by atoms with E-state index in [2.05, 4.69) is 12.6 Å². The Morgan fingerprint density at radius 3 is 2.44 bits per heavy atom. The molecule has 0 aromatic carbocycles. The van der Waals surface area contributed by atoms with Crippen LogP contribution in [0.3, 0.4) is 0 Å². The van der Waals surface area contributed by atoms with Gasteiger partial charge in [-0.1, -0.05) is 6.92 Å². The average molecular weight is 149 g/mol. The fourth-order valence-electron chi connectivity index (χ4n) is 0.468. The summed E-state index contributed by atoms with van der Waals surface area (Å²) in [6, 6.07) is -0.766. The van der Waals surface area contributed by atoms with E-state index in [0.29, 0.717) is 6.42 Å². The van der Waals surface area contributed by atoms with Crippen molar-refractivity contribution in [3.8, 4) is 0 Å². The molecule has 0 fully saturated rings. The Hall–Kier alpha value is -0.220. The predicted molar refractivity (Wildman–Crippen MR) is 38.7 cm³/mol. The summed E-state index contributed by atoms with van der Waals surface area (Å²) in [6.45, 7) is 1.81. The van der Waals surface area contributed by atoms with Gasteiger partial charge in [0.25, 0.3) is 0 Å². The third kappa shape index (κ3) is 4.29. The molecule has 0 saturated heterocycles. The van der Waals surface area contributed by atoms with E-state index < -0.39 is 12.0 Å². The maximum absolute atomic E-state index is 10.1. The first kappa shape index (κ1) is 8.78. The number of hydrogen-bond donors (Lipinski definition) is 3. The molecule has 2 atom stereocenters. The molecule has 0 bridgehead atoms. The summed E-state index contributed by atoms with van der Waals surface area (Å²) < 4.78 is 0. The third-order valence-electron chi connectivity index (χ3n) is 0.912. The minimum atomic E-state index is -0.962. The van der Waals surface area contributed by atoms with Crippen molar-refractivity contribution in [3.63, 3.8) is 0 Å². The number of aliphatic carboxylic acids is 1. The van der Waals surface area contributed by atoms with Gasteiger partial charge in [-0.05, 0) is 6.42 Å². The molecule has 0 unspecified atom stereocenters. The third-order valence-corrected chi connectivity index (χ3v) is 1.12. The van der Waals surface area contributed by atoms with Gasteiger partial charge in [-0.3, -0.25) is 4.79 Å². The summed E-state index contributed by atoms with van der Waals surface area (Å²) >= 11 is 3.99. The fourth-order valence-corrected chi connectivity index (χ4v) is 0.695. The van der Waals surface area contributed by atoms with Gasteiger partial charge < -0.3 is 10.8 Å². The molecule has 0 aliphatic rings. The maximum atomic E-state index is 10.1. The fraction of sp³-hybridized carbons (Fsp3) is 0.800. The van der Waals surface area contributed by atoms with Crippen LogP contribution < -0.4 is 5.73 Å². The second kappa shape index (κ2) is 3.74. The van der Waals surface area contributed by atoms with Crippen LogP contribution in [-0.2, 0) is 4.79 Å². The molecule has 0 radical (unpaired) electrons. The number of carbonyl (C=O) groups is 1. The predicted octanol–water partition coefficient (Wildman–Crippen LogP) is 0.107. The monoisotopic (exact) mass is 149 g/mol. The second-order valence-corrected chi connectivity index (χ2v) is 2.91. The van der Waals surface area contributed by atoms with E-state index in [4.69, 9.17) is 10.8 Å². The van der Waals surface area contributed by atoms with E-state index in [1.165, 1.54) is 0 Å². The molecule has 0 aromatic rings. The lowest BCUT2D eigenvalue weighted by Gasteiger charge is -2.06. The number of hydrogen-bond acceptors (Lipinski definition) is 3. The van der Waals surface area contributed by atoms with Gasteiger partial charge in [-0.15, -0.1) is 0 Å². The number of nitrogens with two attached hydrogens (primary N) is 1. The molecule has 0 heterocycles. The average Bonchev–Trinajstić information content (AvgIpc) is 1.63. The Morgan fingerprint density at radius 2 is 2.33 bits per heavy atom. The zero-order valence-electron chi connectivity index (χ0n) is 5.24. The largest absolute Gasteiger partial charge is 0.480 e. The highest BCUT2D eigenvalue weighted by molar-refractivity contribution is 7.80. The first-order chi connectivity index (χ1) is 4.04. The first-order valence-corrected chi connectivity index (χ1v) is 3.22. The van der Waals surface area contributed by atoms with E-state index in [9.17, 15) is 4.79 Å². The minimum absolute atomic E-state index is 0.0519. The number of carboxylic acid groups (broad SMARTS) is 1. The van der Waals surface area contributed by atoms with Crippen molar-refractivity contribution in [2.75, 3.05) is 0 Å². The van der Waals surface area contributed by atoms with Crippen molar-refractivity contribution in [3.05, 3.63) is 0 Å². The van der Waals surface area contributed by atoms with Crippen molar-refractivity contribution in [2.24, 2.45) is 5.73 Å². The molecule has 9 heavy (non-hydrogen) atoms. The molecule has 0 aliphatic carbocycles. The Labute approximate surface area is 59.6 Å². The highest BCUT2D eigenvalue weighted by atomic mass is 32.1. The van der Waals surface area contributed by atoms with Crippen LogP contribution in [0.2, 0.25) is 0 Å². The standard InChI is InChI=1S/C5H11NO2S/c1-3(9)2-4(6)5(7)8/h3-4,9H,2,6H2,1H3,(H,7,8)/t3-,4+/m1/s1. The van der Waals surface area contributed by atoms with Crippen LogP contribution in [0.15, 0.2) is 0 Å². The van der Waals surface area contributed by atoms with Crippen molar-refractivity contribution < 1.29 is 9.90 Å². The smallest absolute Gasteiger partial charge is 0.320 e. The van der Waals surface area contributed by atoms with E-state index in [1.807, 2.05) is 6.92 Å². The molecule has 3 N–H and O–H groups in total. The maximum Gasteiger partial charge on any atom is 0.320 e. The summed E-state index contributed by atoms with van der Waals surface area (Å²) in [4.78, 5) is 10.1. The summed E-state index contributed by atoms with van der Waals surface area (Å²) in [5.74, 6) is -0.962. The van der Waals surface area contributed by atoms with Crippen molar-refractivity contribution in [2.45, 2.75) is 24.6 Å². The SMILES string of the molecule is C[C@@H](S)C[C@H](N)C(=O)O. The first-order valence-electron chi connectivity index (χ1n) is 2.70. The van der Waals surface area contributed by atoms with E-state index >= 15 is 0 Å². The molecule has 3 nitrogen and oxygen atoms in total. The van der Waals surface area contributed by atoms with Gasteiger partial charge >= 0.3 is 5.97 Å². The van der Waals surface area contributed by atoms with Gasteiger partial charge in [0.05, 0.1) is 0 Å². The molecule has 4 heteroatoms. The molecular weight excluding hydrogens is 138 g/mol. The van der Waals surface area contributed by atoms with Crippen molar-refractivity contribution >= 4 is 18.6 Å². The highest BCUT2D eigenvalue weighted by Gasteiger charge is 2.12. The second-order valence-electron chi connectivity index (χ2n) is 2.03. The molecule has 0 saturated carbocycles. The Balaban J connectivity index is 3.50. The minimum Gasteiger partial charge on any atom is -0.480 e. The molecule has 0 aliphatic heterocycles. The van der Waals surface area contributed by atoms with Gasteiger partial charge in [0.15, 0.2) is 0 Å². The number of rotatable bonds is 3. The van der Waals surface area contributed by atoms with Crippen LogP contribution in [0.5, 0.6) is 0 Å². The lowest BCUT2D eigenvalue weighted by atomic mass is 10.2. The summed E-state index contributed by atoms with van der Waals surface area (Å²) in [5, 5.41) is 8.32. The van der Waals surface area contributed by atoms with Crippen LogP contribution in [0.4, 0.5) is 0 Å². The molecule has 0 amide bonds. The van der Waals surface area contributed by atoms with Gasteiger partial charge in [0, 0.05) is 5.25 Å². The summed E-state index contributed by atoms with van der Waals surface area (Å²) in [6.07, 6.45) is 0.415. The Bertz CT molecular complexity index is 105. The Morgan fingerprint density at radius 1 is 1.89 bits per heavy atom. The lowest BCUT2D eigenvalue weighted by molar-refractivity contribution is -0.138. The molecule has 0 aromatic heterocycles. The van der Waals surface area contributed by atoms with Gasteiger partial charge in [-0.2, -0.15) is 12.6 Å². The van der Waals surface area contributed by atoms with Gasteiger partial charge in [0.1, 0.15) is 6.04 Å². The van der Waals surface area contributed by atoms with Crippen LogP contribution >= 0.6 is 12.6 Å². The molecule has 0 spiro atoms. The van der Waals surface area contributed by atoms with Crippen molar-refractivity contribution in [1.82, 2.24) is 0 Å². The zero-order chi connectivity index (χ0) is 7.44. The van der Waals surface area contributed by atoms with Crippen LogP contribution in [0.25, 0.3) is 0 Å². The van der Waals surface area contributed by atoms with Gasteiger partial charge in [0.2, 0.25) is 0 Å². The van der Waals surface area contributed by atoms with E-state index in [-0.39, 0.29) is 5.25 Å². The van der Waals surface area contributed by atoms with Gasteiger partial charge in [-0.25, -0.2) is 0 Å². The molecular formula is C5H11NO2S. The van der Waals surface area contributed by atoms with Crippen LogP contribution in [0.1, 0.15) is 13.3 Å². The topological polar surface area (TPSA) is 63.3 Å². The molecule has 0 rings (SSSR count). The van der Waals surface area contributed by atoms with Crippen LogP contribution in [0, 0.1) is 0 Å². The quantitative estimate of drug-likeness (QED) is 0.499. The summed E-state index contributed by atoms with van der Waals surface area (Å²) in [7, 11) is 0. The van der Waals surface area contributed by atoms with Crippen LogP contribution in [-0.4, -0.2) is 22.4 Å². The summed E-state index contributed by atoms with van der Waals surface area (Å²) in [5.41, 5.74) is 5.17. The zero-order valence-corrected chi connectivity index (χ0v) is 6.14.